The fraction of sp³-hybridized carbons (Fsp3) is 0.667. The van der Waals surface area contributed by atoms with E-state index in [0.29, 0.717) is 0 Å². The Morgan fingerprint density at radius 1 is 1.83 bits per heavy atom. The molecule has 0 amide bonds. The summed E-state index contributed by atoms with van der Waals surface area (Å²) in [4.78, 5) is 0. The summed E-state index contributed by atoms with van der Waals surface area (Å²) in [6.45, 7) is 2.07. The van der Waals surface area contributed by atoms with Gasteiger partial charge in [0.1, 0.15) is 0 Å². The summed E-state index contributed by atoms with van der Waals surface area (Å²) in [6, 6.07) is 0. The maximum atomic E-state index is 7.90. The van der Waals surface area contributed by atoms with Gasteiger partial charge in [0.05, 0.1) is 0 Å². The normalized spacial score (nSPS) is 4.00. The number of nitriles is 1. The van der Waals surface area contributed by atoms with Crippen LogP contribution in [-0.2, 0) is 17.1 Å². The standard InChI is InChI=1S/C2H5.CN.BrH.Zn/c2*1-2;;/h1H2,2H3;;1H;. The number of nitrogens with zero attached hydrogens (tertiary/aromatic N) is 1. The molecule has 0 atom stereocenters. The summed E-state index contributed by atoms with van der Waals surface area (Å²) in [5.74, 6) is 0. The molecule has 0 aliphatic carbocycles. The van der Waals surface area contributed by atoms with Gasteiger partial charge in [0.15, 0.2) is 0 Å². The first-order valence-electron chi connectivity index (χ1n) is 1.78. The van der Waals surface area contributed by atoms with Crippen molar-refractivity contribution in [3.05, 3.63) is 0 Å². The zero-order chi connectivity index (χ0) is 4.12. The molecule has 0 spiro atoms. The van der Waals surface area contributed by atoms with E-state index in [0.717, 1.165) is 0 Å². The summed E-state index contributed by atoms with van der Waals surface area (Å²) >= 11 is -0.597. The van der Waals surface area contributed by atoms with Crippen LogP contribution in [0.4, 0.5) is 0 Å². The number of rotatable bonds is 1. The number of hydrogen-bond donors (Lipinski definition) is 0. The van der Waals surface area contributed by atoms with Gasteiger partial charge in [-0.25, -0.2) is 0 Å². The van der Waals surface area contributed by atoms with E-state index in [1.165, 1.54) is 5.02 Å². The van der Waals surface area contributed by atoms with E-state index in [1.807, 2.05) is 0 Å². The molecule has 0 heterocycles. The SMILES string of the molecule is Br.C[CH2][Zn][C]#N. The van der Waals surface area contributed by atoms with E-state index in [-0.39, 0.29) is 17.0 Å². The molecule has 0 aromatic carbocycles. The first kappa shape index (κ1) is 9.78. The van der Waals surface area contributed by atoms with E-state index in [1.54, 1.807) is 0 Å². The Balaban J connectivity index is 0. The first-order valence-corrected chi connectivity index (χ1v) is 5.37. The van der Waals surface area contributed by atoms with Crippen molar-refractivity contribution in [2.45, 2.75) is 11.9 Å². The molecule has 0 aliphatic rings. The van der Waals surface area contributed by atoms with Crippen molar-refractivity contribution < 1.29 is 17.1 Å². The van der Waals surface area contributed by atoms with Gasteiger partial charge in [0, 0.05) is 0 Å². The second kappa shape index (κ2) is 9.14. The summed E-state index contributed by atoms with van der Waals surface area (Å²) in [5.41, 5.74) is 0. The van der Waals surface area contributed by atoms with E-state index in [4.69, 9.17) is 5.26 Å². The van der Waals surface area contributed by atoms with Crippen LogP contribution >= 0.6 is 17.0 Å². The van der Waals surface area contributed by atoms with Gasteiger partial charge >= 0.3 is 39.0 Å². The second-order valence-electron chi connectivity index (χ2n) is 0.908. The zero-order valence-corrected chi connectivity index (χ0v) is 8.45. The molecule has 0 rings (SSSR count). The van der Waals surface area contributed by atoms with E-state index in [9.17, 15) is 0 Å². The average molecular weight is 201 g/mol. The maximum absolute atomic E-state index is 7.90. The van der Waals surface area contributed by atoms with Gasteiger partial charge in [-0.05, 0) is 0 Å². The first-order chi connectivity index (χ1) is 2.41. The van der Waals surface area contributed by atoms with Crippen LogP contribution < -0.4 is 0 Å². The molecule has 0 N–H and O–H groups in total. The minimum absolute atomic E-state index is 0. The second-order valence-corrected chi connectivity index (χ2v) is 4.72. The molecule has 0 aromatic heterocycles. The molecule has 0 saturated carbocycles. The number of halogens is 1. The predicted octanol–water partition coefficient (Wildman–Crippen LogP) is 1.57. The van der Waals surface area contributed by atoms with Crippen molar-refractivity contribution in [3.63, 3.8) is 0 Å². The van der Waals surface area contributed by atoms with Crippen molar-refractivity contribution in [1.29, 1.82) is 5.26 Å². The molecule has 0 bridgehead atoms. The third-order valence-electron chi connectivity index (χ3n) is 0.362. The van der Waals surface area contributed by atoms with Gasteiger partial charge in [-0.3, -0.25) is 0 Å². The van der Waals surface area contributed by atoms with Crippen molar-refractivity contribution >= 4 is 17.0 Å². The van der Waals surface area contributed by atoms with Crippen molar-refractivity contribution in [3.8, 4) is 4.66 Å². The van der Waals surface area contributed by atoms with Crippen LogP contribution in [0.15, 0.2) is 0 Å². The minimum atomic E-state index is -0.597. The van der Waals surface area contributed by atoms with Crippen LogP contribution in [-0.4, -0.2) is 0 Å². The third-order valence-corrected chi connectivity index (χ3v) is 1.88. The Bertz CT molecular complexity index is 49.2. The Kier molecular flexibility index (Phi) is 14.9. The molecule has 0 unspecified atom stereocenters. The third kappa shape index (κ3) is 8.82. The van der Waals surface area contributed by atoms with Crippen LogP contribution in [0.1, 0.15) is 6.92 Å². The summed E-state index contributed by atoms with van der Waals surface area (Å²) in [7, 11) is 0. The quantitative estimate of drug-likeness (QED) is 0.591. The summed E-state index contributed by atoms with van der Waals surface area (Å²) < 4.78 is 2.20. The average Bonchev–Trinajstić information content (AvgIpc) is 1.41. The Morgan fingerprint density at radius 3 is 2.33 bits per heavy atom. The van der Waals surface area contributed by atoms with Crippen molar-refractivity contribution in [2.24, 2.45) is 0 Å². The van der Waals surface area contributed by atoms with Gasteiger partial charge in [-0.1, -0.05) is 0 Å². The van der Waals surface area contributed by atoms with E-state index >= 15 is 0 Å². The predicted molar refractivity (Wildman–Crippen MR) is 26.4 cm³/mol. The molecule has 0 fully saturated rings. The molecule has 0 aliphatic heterocycles. The number of hydrogen-bond acceptors (Lipinski definition) is 1. The van der Waals surface area contributed by atoms with Gasteiger partial charge in [-0.15, -0.1) is 17.0 Å². The van der Waals surface area contributed by atoms with Crippen LogP contribution in [0, 0.1) is 9.93 Å². The topological polar surface area (TPSA) is 23.8 Å². The van der Waals surface area contributed by atoms with Crippen LogP contribution in [0.2, 0.25) is 5.02 Å². The molecule has 3 heteroatoms. The molecule has 0 radical (unpaired) electrons. The van der Waals surface area contributed by atoms with Crippen molar-refractivity contribution in [1.82, 2.24) is 0 Å². The van der Waals surface area contributed by atoms with Gasteiger partial charge in [0.25, 0.3) is 0 Å². The molecule has 1 nitrogen and oxygen atoms in total. The van der Waals surface area contributed by atoms with Gasteiger partial charge in [-0.2, -0.15) is 0 Å². The van der Waals surface area contributed by atoms with Crippen molar-refractivity contribution in [2.75, 3.05) is 0 Å². The van der Waals surface area contributed by atoms with Gasteiger partial charge in [0.2, 0.25) is 0 Å². The summed E-state index contributed by atoms with van der Waals surface area (Å²) in [6.07, 6.45) is 0. The molecule has 0 saturated heterocycles. The van der Waals surface area contributed by atoms with Crippen LogP contribution in [0.5, 0.6) is 0 Å². The molecule has 6 heavy (non-hydrogen) atoms. The Labute approximate surface area is 56.1 Å². The zero-order valence-electron chi connectivity index (χ0n) is 3.77. The Hall–Kier alpha value is 0.593. The van der Waals surface area contributed by atoms with Gasteiger partial charge < -0.3 is 0 Å². The van der Waals surface area contributed by atoms with Crippen LogP contribution in [0.3, 0.4) is 0 Å². The molecule has 0 aromatic rings. The fourth-order valence-electron chi connectivity index (χ4n) is 0.112. The molecular weight excluding hydrogens is 195 g/mol. The summed E-state index contributed by atoms with van der Waals surface area (Å²) in [5, 5.41) is 9.07. The molecule has 32 valence electrons. The monoisotopic (exact) mass is 199 g/mol. The van der Waals surface area contributed by atoms with Crippen LogP contribution in [0.25, 0.3) is 0 Å². The molecular formula is C3H6BrNZn. The Morgan fingerprint density at radius 2 is 2.33 bits per heavy atom. The fourth-order valence-corrected chi connectivity index (χ4v) is 0.581. The van der Waals surface area contributed by atoms with E-state index < -0.39 is 17.1 Å². The van der Waals surface area contributed by atoms with E-state index in [2.05, 4.69) is 11.6 Å².